The maximum Gasteiger partial charge on any atom is 0.257 e. The number of carbonyl (C=O) groups excluding carboxylic acids is 2. The molecule has 7 heteroatoms. The van der Waals surface area contributed by atoms with Crippen molar-refractivity contribution in [3.63, 3.8) is 0 Å². The molecule has 2 saturated heterocycles. The summed E-state index contributed by atoms with van der Waals surface area (Å²) < 4.78 is 14.1. The maximum absolute atomic E-state index is 14.1. The Hall–Kier alpha value is -1.66. The minimum absolute atomic E-state index is 0. The fourth-order valence-electron chi connectivity index (χ4n) is 3.05. The van der Waals surface area contributed by atoms with Gasteiger partial charge in [0.05, 0.1) is 5.56 Å². The number of piperazine rings is 1. The molecule has 126 valence electrons. The summed E-state index contributed by atoms with van der Waals surface area (Å²) in [5.74, 6) is -0.813. The van der Waals surface area contributed by atoms with Crippen LogP contribution in [-0.4, -0.2) is 48.9 Å². The van der Waals surface area contributed by atoms with E-state index in [2.05, 4.69) is 5.32 Å². The molecule has 5 nitrogen and oxygen atoms in total. The van der Waals surface area contributed by atoms with Gasteiger partial charge in [0.1, 0.15) is 5.82 Å². The van der Waals surface area contributed by atoms with Crippen LogP contribution < -0.4 is 10.2 Å². The summed E-state index contributed by atoms with van der Waals surface area (Å²) in [5, 5.41) is 3.25. The topological polar surface area (TPSA) is 52.7 Å². The molecule has 1 aromatic rings. The highest BCUT2D eigenvalue weighted by Gasteiger charge is 2.27. The van der Waals surface area contributed by atoms with Crippen LogP contribution in [0.4, 0.5) is 10.1 Å². The molecule has 2 aliphatic rings. The third-order valence-electron chi connectivity index (χ3n) is 4.22. The number of halogens is 2. The van der Waals surface area contributed by atoms with E-state index in [0.29, 0.717) is 38.3 Å². The molecule has 0 aromatic heterocycles. The zero-order chi connectivity index (χ0) is 15.7. The van der Waals surface area contributed by atoms with Crippen molar-refractivity contribution < 1.29 is 14.0 Å². The first-order chi connectivity index (χ1) is 10.6. The van der Waals surface area contributed by atoms with Gasteiger partial charge in [-0.25, -0.2) is 4.39 Å². The van der Waals surface area contributed by atoms with Gasteiger partial charge in [-0.2, -0.15) is 0 Å². The Bertz CT molecular complexity index is 611. The second kappa shape index (κ2) is 7.27. The Labute approximate surface area is 141 Å². The summed E-state index contributed by atoms with van der Waals surface area (Å²) in [7, 11) is 0. The summed E-state index contributed by atoms with van der Waals surface area (Å²) >= 11 is 0. The molecule has 3 rings (SSSR count). The van der Waals surface area contributed by atoms with Crippen molar-refractivity contribution in [3.05, 3.63) is 29.6 Å². The number of hydrogen-bond acceptors (Lipinski definition) is 3. The molecule has 1 aromatic carbocycles. The van der Waals surface area contributed by atoms with Gasteiger partial charge in [-0.3, -0.25) is 9.59 Å². The molecule has 0 radical (unpaired) electrons. The van der Waals surface area contributed by atoms with Gasteiger partial charge in [0.25, 0.3) is 5.91 Å². The van der Waals surface area contributed by atoms with E-state index >= 15 is 0 Å². The summed E-state index contributed by atoms with van der Waals surface area (Å²) in [5.41, 5.74) is 0.654. The van der Waals surface area contributed by atoms with Crippen LogP contribution in [0.2, 0.25) is 0 Å². The molecule has 0 unspecified atom stereocenters. The zero-order valence-corrected chi connectivity index (χ0v) is 13.9. The summed E-state index contributed by atoms with van der Waals surface area (Å²) in [6.45, 7) is 4.46. The van der Waals surface area contributed by atoms with E-state index < -0.39 is 5.82 Å². The van der Waals surface area contributed by atoms with Gasteiger partial charge in [0.2, 0.25) is 5.91 Å². The number of nitrogens with one attached hydrogen (secondary N) is 1. The fraction of sp³-hybridized carbons (Fsp3) is 0.500. The maximum atomic E-state index is 14.1. The van der Waals surface area contributed by atoms with Crippen LogP contribution in [0.15, 0.2) is 18.2 Å². The monoisotopic (exact) mass is 341 g/mol. The average Bonchev–Trinajstić information content (AvgIpc) is 2.93. The van der Waals surface area contributed by atoms with Gasteiger partial charge < -0.3 is 15.1 Å². The number of benzene rings is 1. The molecule has 0 spiro atoms. The summed E-state index contributed by atoms with van der Waals surface area (Å²) in [6, 6.07) is 4.55. The summed E-state index contributed by atoms with van der Waals surface area (Å²) in [6.07, 6.45) is 1.31. The van der Waals surface area contributed by atoms with Gasteiger partial charge in [0.15, 0.2) is 0 Å². The highest BCUT2D eigenvalue weighted by atomic mass is 35.5. The van der Waals surface area contributed by atoms with Crippen LogP contribution in [-0.2, 0) is 4.79 Å². The Morgan fingerprint density at radius 1 is 1.35 bits per heavy atom. The number of nitrogens with zero attached hydrogens (tertiary/aromatic N) is 2. The SMILES string of the molecule is C[C@@H]1CN(C(=O)c2cc(N3CCCC3=O)ccc2F)CCN1.Cl. The molecule has 2 fully saturated rings. The molecule has 0 saturated carbocycles. The van der Waals surface area contributed by atoms with Crippen LogP contribution in [0.5, 0.6) is 0 Å². The van der Waals surface area contributed by atoms with Crippen molar-refractivity contribution in [3.8, 4) is 0 Å². The molecular formula is C16H21ClFN3O2. The Morgan fingerprint density at radius 3 is 2.78 bits per heavy atom. The minimum atomic E-state index is -0.536. The van der Waals surface area contributed by atoms with Crippen molar-refractivity contribution in [1.82, 2.24) is 10.2 Å². The first kappa shape index (κ1) is 17.7. The first-order valence-electron chi connectivity index (χ1n) is 7.69. The van der Waals surface area contributed by atoms with E-state index in [9.17, 15) is 14.0 Å². The highest BCUT2D eigenvalue weighted by molar-refractivity contribution is 5.99. The van der Waals surface area contributed by atoms with Gasteiger partial charge in [-0.05, 0) is 31.5 Å². The lowest BCUT2D eigenvalue weighted by molar-refractivity contribution is -0.117. The predicted molar refractivity (Wildman–Crippen MR) is 88.6 cm³/mol. The van der Waals surface area contributed by atoms with Crippen molar-refractivity contribution >= 4 is 29.9 Å². The Balaban J connectivity index is 0.00000192. The van der Waals surface area contributed by atoms with Crippen LogP contribution in [0.1, 0.15) is 30.1 Å². The predicted octanol–water partition coefficient (Wildman–Crippen LogP) is 1.81. The lowest BCUT2D eigenvalue weighted by Crippen LogP contribution is -2.51. The number of anilines is 1. The van der Waals surface area contributed by atoms with Crippen LogP contribution in [0, 0.1) is 5.82 Å². The minimum Gasteiger partial charge on any atom is -0.336 e. The second-order valence-corrected chi connectivity index (χ2v) is 5.92. The van der Waals surface area contributed by atoms with Crippen LogP contribution >= 0.6 is 12.4 Å². The lowest BCUT2D eigenvalue weighted by Gasteiger charge is -2.32. The molecule has 23 heavy (non-hydrogen) atoms. The van der Waals surface area contributed by atoms with Crippen molar-refractivity contribution in [2.45, 2.75) is 25.8 Å². The average molecular weight is 342 g/mol. The molecule has 2 heterocycles. The van der Waals surface area contributed by atoms with E-state index in [1.807, 2.05) is 6.92 Å². The molecule has 1 N–H and O–H groups in total. The number of rotatable bonds is 2. The van der Waals surface area contributed by atoms with Crippen molar-refractivity contribution in [2.24, 2.45) is 0 Å². The van der Waals surface area contributed by atoms with Gasteiger partial charge in [-0.15, -0.1) is 12.4 Å². The number of amides is 2. The highest BCUT2D eigenvalue weighted by Crippen LogP contribution is 2.24. The van der Waals surface area contributed by atoms with Crippen molar-refractivity contribution in [1.29, 1.82) is 0 Å². The van der Waals surface area contributed by atoms with E-state index in [4.69, 9.17) is 0 Å². The molecule has 0 bridgehead atoms. The molecular weight excluding hydrogens is 321 g/mol. The Morgan fingerprint density at radius 2 is 2.13 bits per heavy atom. The Kier molecular flexibility index (Phi) is 5.59. The quantitative estimate of drug-likeness (QED) is 0.892. The molecule has 2 aliphatic heterocycles. The fourth-order valence-corrected chi connectivity index (χ4v) is 3.05. The van der Waals surface area contributed by atoms with Gasteiger partial charge in [0, 0.05) is 44.3 Å². The van der Waals surface area contributed by atoms with Crippen LogP contribution in [0.3, 0.4) is 0 Å². The number of hydrogen-bond donors (Lipinski definition) is 1. The second-order valence-electron chi connectivity index (χ2n) is 5.92. The van der Waals surface area contributed by atoms with E-state index in [0.717, 1.165) is 6.42 Å². The zero-order valence-electron chi connectivity index (χ0n) is 13.0. The van der Waals surface area contributed by atoms with E-state index in [1.165, 1.54) is 12.1 Å². The van der Waals surface area contributed by atoms with Crippen molar-refractivity contribution in [2.75, 3.05) is 31.1 Å². The van der Waals surface area contributed by atoms with Crippen LogP contribution in [0.25, 0.3) is 0 Å². The van der Waals surface area contributed by atoms with E-state index in [-0.39, 0.29) is 35.8 Å². The molecule has 0 aliphatic carbocycles. The van der Waals surface area contributed by atoms with E-state index in [1.54, 1.807) is 15.9 Å². The molecule has 1 atom stereocenters. The third kappa shape index (κ3) is 3.64. The lowest BCUT2D eigenvalue weighted by atomic mass is 10.1. The third-order valence-corrected chi connectivity index (χ3v) is 4.22. The normalized spacial score (nSPS) is 21.3. The van der Waals surface area contributed by atoms with Gasteiger partial charge in [-0.1, -0.05) is 0 Å². The molecule has 2 amide bonds. The first-order valence-corrected chi connectivity index (χ1v) is 7.69. The largest absolute Gasteiger partial charge is 0.336 e. The smallest absolute Gasteiger partial charge is 0.257 e. The number of carbonyl (C=O) groups is 2. The standard InChI is InChI=1S/C16H20FN3O2.ClH/c1-11-10-19(8-6-18-11)16(22)13-9-12(4-5-14(13)17)20-7-2-3-15(20)21;/h4-5,9,11,18H,2-3,6-8,10H2,1H3;1H/t11-;/m1./s1. The van der Waals surface area contributed by atoms with Gasteiger partial charge >= 0.3 is 0 Å². The summed E-state index contributed by atoms with van der Waals surface area (Å²) in [4.78, 5) is 27.7.